The molecule has 2 amide bonds. The average Bonchev–Trinajstić information content (AvgIpc) is 3.22. The number of likely N-dealkylation sites (tertiary alicyclic amines) is 1. The number of carbonyl (C=O) groups excluding carboxylic acids is 3. The quantitative estimate of drug-likeness (QED) is 0.458. The van der Waals surface area contributed by atoms with Crippen molar-refractivity contribution in [2.45, 2.75) is 43.4 Å². The van der Waals surface area contributed by atoms with Gasteiger partial charge in [-0.25, -0.2) is 14.6 Å². The third kappa shape index (κ3) is 6.96. The Labute approximate surface area is 195 Å². The summed E-state index contributed by atoms with van der Waals surface area (Å²) < 4.78 is 10.3. The lowest BCUT2D eigenvalue weighted by atomic mass is 10.1. The Kier molecular flexibility index (Phi) is 8.92. The van der Waals surface area contributed by atoms with Gasteiger partial charge in [0.2, 0.25) is 0 Å². The highest BCUT2D eigenvalue weighted by molar-refractivity contribution is 7.98. The van der Waals surface area contributed by atoms with Crippen LogP contribution in [0.15, 0.2) is 34.5 Å². The number of esters is 1. The highest BCUT2D eigenvalue weighted by atomic mass is 32.2. The van der Waals surface area contributed by atoms with E-state index in [0.29, 0.717) is 43.9 Å². The number of thioether (sulfide) groups is 1. The first kappa shape index (κ1) is 24.1. The van der Waals surface area contributed by atoms with Crippen LogP contribution in [0.2, 0.25) is 0 Å². The van der Waals surface area contributed by atoms with Gasteiger partial charge in [-0.1, -0.05) is 12.1 Å². The van der Waals surface area contributed by atoms with E-state index in [1.54, 1.807) is 35.3 Å². The average molecular weight is 478 g/mol. The molecule has 1 aliphatic heterocycles. The number of thiazole rings is 1. The number of aryl methyl sites for hydroxylation is 1. The van der Waals surface area contributed by atoms with Crippen LogP contribution in [0.1, 0.15) is 40.8 Å². The summed E-state index contributed by atoms with van der Waals surface area (Å²) in [6, 6.07) is 7.13. The van der Waals surface area contributed by atoms with E-state index in [2.05, 4.69) is 10.3 Å². The van der Waals surface area contributed by atoms with E-state index in [9.17, 15) is 14.4 Å². The van der Waals surface area contributed by atoms with Gasteiger partial charge in [0.1, 0.15) is 0 Å². The summed E-state index contributed by atoms with van der Waals surface area (Å²) in [7, 11) is 0. The summed E-state index contributed by atoms with van der Waals surface area (Å²) in [5.41, 5.74) is 1.40. The summed E-state index contributed by atoms with van der Waals surface area (Å²) >= 11 is 3.10. The van der Waals surface area contributed by atoms with Gasteiger partial charge in [-0.05, 0) is 38.8 Å². The van der Waals surface area contributed by atoms with Crippen LogP contribution in [-0.4, -0.2) is 60.2 Å². The molecular weight excluding hydrogens is 450 g/mol. The number of carbonyl (C=O) groups is 3. The first-order valence-electron chi connectivity index (χ1n) is 10.5. The molecule has 10 heteroatoms. The molecule has 0 bridgehead atoms. The molecule has 1 aliphatic rings. The standard InChI is InChI=1S/C22H27N3O5S2/c1-3-29-22(28)25-10-8-16(9-11-25)24-20(26)12-30-21(27)18-6-4-5-7-19(18)32-14-17-13-31-15(2)23-17/h4-7,13,16H,3,8-12,14H2,1-2H3,(H,24,26). The monoisotopic (exact) mass is 477 g/mol. The van der Waals surface area contributed by atoms with Crippen LogP contribution < -0.4 is 5.32 Å². The van der Waals surface area contributed by atoms with E-state index < -0.39 is 5.97 Å². The molecule has 1 aromatic heterocycles. The molecule has 8 nitrogen and oxygen atoms in total. The molecule has 0 saturated carbocycles. The first-order valence-corrected chi connectivity index (χ1v) is 12.3. The van der Waals surface area contributed by atoms with Crippen molar-refractivity contribution in [2.75, 3.05) is 26.3 Å². The molecule has 0 atom stereocenters. The zero-order chi connectivity index (χ0) is 22.9. The molecule has 3 rings (SSSR count). The fourth-order valence-corrected chi connectivity index (χ4v) is 4.94. The normalized spacial score (nSPS) is 14.1. The second kappa shape index (κ2) is 11.9. The van der Waals surface area contributed by atoms with Gasteiger partial charge in [0.05, 0.1) is 22.9 Å². The third-order valence-corrected chi connectivity index (χ3v) is 6.80. The maximum Gasteiger partial charge on any atom is 0.409 e. The van der Waals surface area contributed by atoms with Crippen LogP contribution >= 0.6 is 23.1 Å². The predicted octanol–water partition coefficient (Wildman–Crippen LogP) is 3.64. The largest absolute Gasteiger partial charge is 0.452 e. The molecule has 0 aliphatic carbocycles. The van der Waals surface area contributed by atoms with E-state index in [0.717, 1.165) is 15.6 Å². The molecule has 172 valence electrons. The Bertz CT molecular complexity index is 941. The fourth-order valence-electron chi connectivity index (χ4n) is 3.29. The number of hydrogen-bond acceptors (Lipinski definition) is 8. The molecule has 2 aromatic rings. The van der Waals surface area contributed by atoms with Crippen molar-refractivity contribution in [3.05, 3.63) is 45.9 Å². The Balaban J connectivity index is 1.44. The summed E-state index contributed by atoms with van der Waals surface area (Å²) in [5.74, 6) is -0.231. The minimum Gasteiger partial charge on any atom is -0.452 e. The number of piperidine rings is 1. The Hall–Kier alpha value is -2.59. The van der Waals surface area contributed by atoms with Crippen molar-refractivity contribution >= 4 is 41.1 Å². The van der Waals surface area contributed by atoms with Gasteiger partial charge in [0.15, 0.2) is 6.61 Å². The Morgan fingerprint density at radius 2 is 1.97 bits per heavy atom. The minimum atomic E-state index is -0.533. The number of nitrogens with one attached hydrogen (secondary N) is 1. The van der Waals surface area contributed by atoms with Gasteiger partial charge in [0, 0.05) is 35.2 Å². The number of ether oxygens (including phenoxy) is 2. The van der Waals surface area contributed by atoms with Crippen LogP contribution in [0.5, 0.6) is 0 Å². The fraction of sp³-hybridized carbons (Fsp3) is 0.455. The van der Waals surface area contributed by atoms with Crippen LogP contribution in [0.25, 0.3) is 0 Å². The molecule has 1 fully saturated rings. The molecule has 0 unspecified atom stereocenters. The number of rotatable bonds is 8. The maximum absolute atomic E-state index is 12.6. The number of amides is 2. The lowest BCUT2D eigenvalue weighted by Crippen LogP contribution is -2.47. The van der Waals surface area contributed by atoms with Crippen molar-refractivity contribution < 1.29 is 23.9 Å². The zero-order valence-corrected chi connectivity index (χ0v) is 19.8. The van der Waals surface area contributed by atoms with Gasteiger partial charge >= 0.3 is 12.1 Å². The van der Waals surface area contributed by atoms with Gasteiger partial charge in [0.25, 0.3) is 5.91 Å². The molecule has 2 heterocycles. The van der Waals surface area contributed by atoms with Crippen molar-refractivity contribution in [3.8, 4) is 0 Å². The van der Waals surface area contributed by atoms with Crippen LogP contribution in [0.4, 0.5) is 4.79 Å². The molecule has 1 saturated heterocycles. The summed E-state index contributed by atoms with van der Waals surface area (Å²) in [6.07, 6.45) is 0.940. The smallest absolute Gasteiger partial charge is 0.409 e. The second-order valence-corrected chi connectivity index (χ2v) is 9.33. The zero-order valence-electron chi connectivity index (χ0n) is 18.2. The third-order valence-electron chi connectivity index (χ3n) is 4.87. The van der Waals surface area contributed by atoms with Gasteiger partial charge in [-0.3, -0.25) is 4.79 Å². The molecule has 32 heavy (non-hydrogen) atoms. The lowest BCUT2D eigenvalue weighted by Gasteiger charge is -2.31. The summed E-state index contributed by atoms with van der Waals surface area (Å²) in [6.45, 7) is 4.76. The van der Waals surface area contributed by atoms with Gasteiger partial charge in [-0.2, -0.15) is 0 Å². The van der Waals surface area contributed by atoms with Crippen LogP contribution in [0.3, 0.4) is 0 Å². The highest BCUT2D eigenvalue weighted by Gasteiger charge is 2.25. The SMILES string of the molecule is CCOC(=O)N1CCC(NC(=O)COC(=O)c2ccccc2SCc2csc(C)n2)CC1. The minimum absolute atomic E-state index is 0.0590. The van der Waals surface area contributed by atoms with E-state index in [1.165, 1.54) is 11.8 Å². The molecule has 1 N–H and O–H groups in total. The van der Waals surface area contributed by atoms with Crippen molar-refractivity contribution in [3.63, 3.8) is 0 Å². The van der Waals surface area contributed by atoms with E-state index in [-0.39, 0.29) is 24.6 Å². The summed E-state index contributed by atoms with van der Waals surface area (Å²) in [5, 5.41) is 5.88. The maximum atomic E-state index is 12.6. The number of hydrogen-bond donors (Lipinski definition) is 1. The predicted molar refractivity (Wildman–Crippen MR) is 123 cm³/mol. The van der Waals surface area contributed by atoms with Crippen LogP contribution in [0, 0.1) is 6.92 Å². The topological polar surface area (TPSA) is 97.8 Å². The molecule has 1 aromatic carbocycles. The van der Waals surface area contributed by atoms with Crippen molar-refractivity contribution in [1.29, 1.82) is 0 Å². The number of nitrogens with zero attached hydrogens (tertiary/aromatic N) is 2. The second-order valence-electron chi connectivity index (χ2n) is 7.25. The van der Waals surface area contributed by atoms with Gasteiger partial charge in [-0.15, -0.1) is 23.1 Å². The lowest BCUT2D eigenvalue weighted by molar-refractivity contribution is -0.125. The highest BCUT2D eigenvalue weighted by Crippen LogP contribution is 2.27. The van der Waals surface area contributed by atoms with E-state index in [1.807, 2.05) is 24.4 Å². The Morgan fingerprint density at radius 1 is 1.22 bits per heavy atom. The van der Waals surface area contributed by atoms with Crippen LogP contribution in [-0.2, 0) is 20.0 Å². The summed E-state index contributed by atoms with van der Waals surface area (Å²) in [4.78, 5) is 43.4. The number of benzene rings is 1. The van der Waals surface area contributed by atoms with Crippen molar-refractivity contribution in [1.82, 2.24) is 15.2 Å². The van der Waals surface area contributed by atoms with Crippen molar-refractivity contribution in [2.24, 2.45) is 0 Å². The first-order chi connectivity index (χ1) is 15.5. The Morgan fingerprint density at radius 3 is 2.66 bits per heavy atom. The van der Waals surface area contributed by atoms with Gasteiger partial charge < -0.3 is 19.7 Å². The molecule has 0 spiro atoms. The molecular formula is C22H27N3O5S2. The van der Waals surface area contributed by atoms with E-state index >= 15 is 0 Å². The molecule has 0 radical (unpaired) electrons. The number of aromatic nitrogens is 1. The van der Waals surface area contributed by atoms with E-state index in [4.69, 9.17) is 9.47 Å².